The number of hydrogen-bond acceptors (Lipinski definition) is 3. The minimum Gasteiger partial charge on any atom is -0.313 e. The predicted molar refractivity (Wildman–Crippen MR) is 59.8 cm³/mol. The van der Waals surface area contributed by atoms with Crippen LogP contribution >= 0.6 is 0 Å². The van der Waals surface area contributed by atoms with Crippen molar-refractivity contribution >= 4 is 10.0 Å². The first-order chi connectivity index (χ1) is 6.37. The van der Waals surface area contributed by atoms with E-state index < -0.39 is 10.0 Å². The predicted octanol–water partition coefficient (Wildman–Crippen LogP) is 0.560. The van der Waals surface area contributed by atoms with Gasteiger partial charge in [-0.15, -0.1) is 0 Å². The van der Waals surface area contributed by atoms with Gasteiger partial charge in [0.25, 0.3) is 0 Å². The lowest BCUT2D eigenvalue weighted by molar-refractivity contribution is 0.393. The second-order valence-corrected chi connectivity index (χ2v) is 5.63. The molecule has 0 amide bonds. The molecule has 0 aromatic rings. The van der Waals surface area contributed by atoms with E-state index in [2.05, 4.69) is 30.8 Å². The Balaban J connectivity index is 3.55. The summed E-state index contributed by atoms with van der Waals surface area (Å²) in [6.07, 6.45) is 2.30. The van der Waals surface area contributed by atoms with Crippen molar-refractivity contribution in [3.05, 3.63) is 0 Å². The van der Waals surface area contributed by atoms with E-state index in [0.717, 1.165) is 6.42 Å². The van der Waals surface area contributed by atoms with E-state index in [1.54, 1.807) is 0 Å². The molecular weight excluding hydrogens is 200 g/mol. The van der Waals surface area contributed by atoms with Gasteiger partial charge in [0.1, 0.15) is 0 Å². The van der Waals surface area contributed by atoms with Gasteiger partial charge in [0.2, 0.25) is 10.0 Å². The molecule has 0 aromatic carbocycles. The van der Waals surface area contributed by atoms with Crippen LogP contribution in [-0.4, -0.2) is 33.8 Å². The zero-order valence-electron chi connectivity index (χ0n) is 9.50. The van der Waals surface area contributed by atoms with E-state index in [9.17, 15) is 8.42 Å². The molecule has 0 aromatic heterocycles. The van der Waals surface area contributed by atoms with Gasteiger partial charge in [0.05, 0.1) is 6.26 Å². The van der Waals surface area contributed by atoms with Gasteiger partial charge in [-0.3, -0.25) is 0 Å². The minimum absolute atomic E-state index is 0.432. The van der Waals surface area contributed by atoms with Gasteiger partial charge in [-0.05, 0) is 12.8 Å². The molecule has 2 atom stereocenters. The maximum atomic E-state index is 10.7. The Labute approximate surface area is 87.5 Å². The average Bonchev–Trinajstić information content (AvgIpc) is 2.09. The second kappa shape index (κ2) is 6.37. The van der Waals surface area contributed by atoms with Crippen LogP contribution in [0.15, 0.2) is 0 Å². The van der Waals surface area contributed by atoms with Crippen LogP contribution in [0.2, 0.25) is 0 Å². The van der Waals surface area contributed by atoms with Crippen molar-refractivity contribution in [2.75, 3.05) is 19.3 Å². The van der Waals surface area contributed by atoms with E-state index in [-0.39, 0.29) is 0 Å². The molecule has 14 heavy (non-hydrogen) atoms. The van der Waals surface area contributed by atoms with E-state index >= 15 is 0 Å². The Morgan fingerprint density at radius 3 is 2.21 bits per heavy atom. The molecule has 86 valence electrons. The van der Waals surface area contributed by atoms with Gasteiger partial charge in [-0.1, -0.05) is 20.3 Å². The van der Waals surface area contributed by atoms with Gasteiger partial charge >= 0.3 is 0 Å². The van der Waals surface area contributed by atoms with Crippen LogP contribution in [0.5, 0.6) is 0 Å². The number of nitrogens with one attached hydrogen (secondary N) is 2. The van der Waals surface area contributed by atoms with Crippen molar-refractivity contribution in [1.29, 1.82) is 0 Å². The fraction of sp³-hybridized carbons (Fsp3) is 1.00. The number of sulfonamides is 1. The van der Waals surface area contributed by atoms with Crippen molar-refractivity contribution in [3.63, 3.8) is 0 Å². The van der Waals surface area contributed by atoms with Crippen LogP contribution in [-0.2, 0) is 10.0 Å². The summed E-state index contributed by atoms with van der Waals surface area (Å²) >= 11 is 0. The van der Waals surface area contributed by atoms with Crippen LogP contribution in [0, 0.1) is 5.92 Å². The van der Waals surface area contributed by atoms with Crippen molar-refractivity contribution in [2.45, 2.75) is 33.2 Å². The maximum Gasteiger partial charge on any atom is 0.208 e. The summed E-state index contributed by atoms with van der Waals surface area (Å²) in [6.45, 7) is 7.59. The molecule has 0 fully saturated rings. The lowest BCUT2D eigenvalue weighted by Crippen LogP contribution is -2.38. The van der Waals surface area contributed by atoms with E-state index in [1.807, 2.05) is 0 Å². The van der Waals surface area contributed by atoms with Crippen molar-refractivity contribution in [1.82, 2.24) is 10.0 Å². The highest BCUT2D eigenvalue weighted by molar-refractivity contribution is 7.88. The van der Waals surface area contributed by atoms with Crippen LogP contribution in [0.4, 0.5) is 0 Å². The topological polar surface area (TPSA) is 58.2 Å². The van der Waals surface area contributed by atoms with E-state index in [4.69, 9.17) is 0 Å². The fourth-order valence-corrected chi connectivity index (χ4v) is 1.56. The molecule has 0 saturated carbocycles. The normalized spacial score (nSPS) is 16.6. The first-order valence-corrected chi connectivity index (χ1v) is 6.94. The molecule has 0 bridgehead atoms. The lowest BCUT2D eigenvalue weighted by atomic mass is 10.0. The van der Waals surface area contributed by atoms with Gasteiger partial charge in [0.15, 0.2) is 0 Å². The second-order valence-electron chi connectivity index (χ2n) is 3.79. The largest absolute Gasteiger partial charge is 0.313 e. The molecule has 0 aliphatic rings. The molecule has 2 unspecified atom stereocenters. The maximum absolute atomic E-state index is 10.7. The molecule has 4 nitrogen and oxygen atoms in total. The quantitative estimate of drug-likeness (QED) is 0.619. The molecule has 5 heteroatoms. The molecule has 2 N–H and O–H groups in total. The summed E-state index contributed by atoms with van der Waals surface area (Å²) in [4.78, 5) is 0. The molecular formula is C9H22N2O2S. The van der Waals surface area contributed by atoms with E-state index in [1.165, 1.54) is 6.26 Å². The molecule has 0 aliphatic carbocycles. The minimum atomic E-state index is -3.04. The molecule has 0 radical (unpaired) electrons. The van der Waals surface area contributed by atoms with Crippen LogP contribution in [0.3, 0.4) is 0 Å². The zero-order valence-corrected chi connectivity index (χ0v) is 10.3. The molecule has 0 heterocycles. The van der Waals surface area contributed by atoms with Crippen molar-refractivity contribution in [2.24, 2.45) is 5.92 Å². The smallest absolute Gasteiger partial charge is 0.208 e. The summed E-state index contributed by atoms with van der Waals surface area (Å²) in [5.74, 6) is 0.619. The highest BCUT2D eigenvalue weighted by atomic mass is 32.2. The third-order valence-electron chi connectivity index (χ3n) is 2.45. The Bertz CT molecular complexity index is 239. The van der Waals surface area contributed by atoms with Crippen LogP contribution in [0.1, 0.15) is 27.2 Å². The van der Waals surface area contributed by atoms with Gasteiger partial charge < -0.3 is 5.32 Å². The molecule has 0 spiro atoms. The van der Waals surface area contributed by atoms with E-state index in [0.29, 0.717) is 25.0 Å². The molecule has 0 aliphatic heterocycles. The first kappa shape index (κ1) is 13.9. The lowest BCUT2D eigenvalue weighted by Gasteiger charge is -2.19. The van der Waals surface area contributed by atoms with Gasteiger partial charge in [-0.25, -0.2) is 13.1 Å². The summed E-state index contributed by atoms with van der Waals surface area (Å²) in [5, 5.41) is 3.28. The molecule has 0 rings (SSSR count). The summed E-state index contributed by atoms with van der Waals surface area (Å²) < 4.78 is 23.9. The third kappa shape index (κ3) is 7.29. The van der Waals surface area contributed by atoms with Crippen LogP contribution < -0.4 is 10.0 Å². The SMILES string of the molecule is CCC(C)C(C)NCCNS(C)(=O)=O. The van der Waals surface area contributed by atoms with Gasteiger partial charge in [-0.2, -0.15) is 0 Å². The fourth-order valence-electron chi connectivity index (χ4n) is 1.09. The average molecular weight is 222 g/mol. The highest BCUT2D eigenvalue weighted by Gasteiger charge is 2.08. The zero-order chi connectivity index (χ0) is 11.2. The summed E-state index contributed by atoms with van der Waals surface area (Å²) in [5.41, 5.74) is 0. The van der Waals surface area contributed by atoms with Crippen molar-refractivity contribution < 1.29 is 8.42 Å². The number of rotatable bonds is 7. The number of hydrogen-bond donors (Lipinski definition) is 2. The van der Waals surface area contributed by atoms with Gasteiger partial charge in [0, 0.05) is 19.1 Å². The Hall–Kier alpha value is -0.130. The monoisotopic (exact) mass is 222 g/mol. The Morgan fingerprint density at radius 2 is 1.79 bits per heavy atom. The Kier molecular flexibility index (Phi) is 6.31. The van der Waals surface area contributed by atoms with Crippen molar-refractivity contribution in [3.8, 4) is 0 Å². The van der Waals surface area contributed by atoms with Crippen LogP contribution in [0.25, 0.3) is 0 Å². The summed E-state index contributed by atoms with van der Waals surface area (Å²) in [6, 6.07) is 0.432. The Morgan fingerprint density at radius 1 is 1.21 bits per heavy atom. The third-order valence-corrected chi connectivity index (χ3v) is 3.18. The first-order valence-electron chi connectivity index (χ1n) is 5.04. The standard InChI is InChI=1S/C9H22N2O2S/c1-5-8(2)9(3)10-6-7-11-14(4,12)13/h8-11H,5-7H2,1-4H3. The highest BCUT2D eigenvalue weighted by Crippen LogP contribution is 2.05. The summed E-state index contributed by atoms with van der Waals surface area (Å²) in [7, 11) is -3.04. The molecule has 0 saturated heterocycles.